The highest BCUT2D eigenvalue weighted by Gasteiger charge is 2.41. The summed E-state index contributed by atoms with van der Waals surface area (Å²) in [5, 5.41) is 3.70. The zero-order valence-corrected chi connectivity index (χ0v) is 18.3. The summed E-state index contributed by atoms with van der Waals surface area (Å²) in [6.45, 7) is 1.56. The highest BCUT2D eigenvalue weighted by Crippen LogP contribution is 2.34. The van der Waals surface area contributed by atoms with Crippen molar-refractivity contribution in [2.24, 2.45) is 7.05 Å². The fourth-order valence-electron chi connectivity index (χ4n) is 4.47. The molecule has 3 aromatic rings. The minimum absolute atomic E-state index is 0.0342. The maximum atomic E-state index is 13.2. The molecule has 2 aliphatic heterocycles. The predicted molar refractivity (Wildman–Crippen MR) is 119 cm³/mol. The summed E-state index contributed by atoms with van der Waals surface area (Å²) in [4.78, 5) is 4.09. The summed E-state index contributed by atoms with van der Waals surface area (Å²) in [5.41, 5.74) is 3.32. The van der Waals surface area contributed by atoms with Gasteiger partial charge in [-0.2, -0.15) is 4.31 Å². The molecular formula is C23H26N4O3S. The van der Waals surface area contributed by atoms with Gasteiger partial charge in [-0.15, -0.1) is 0 Å². The molecule has 1 saturated heterocycles. The Morgan fingerprint density at radius 1 is 1.13 bits per heavy atom. The zero-order chi connectivity index (χ0) is 21.4. The maximum Gasteiger partial charge on any atom is 0.262 e. The zero-order valence-electron chi connectivity index (χ0n) is 17.4. The first kappa shape index (κ1) is 20.1. The molecule has 1 N–H and O–H groups in total. The minimum atomic E-state index is -3.66. The van der Waals surface area contributed by atoms with Crippen molar-refractivity contribution in [1.29, 1.82) is 0 Å². The van der Waals surface area contributed by atoms with Gasteiger partial charge in [0, 0.05) is 44.0 Å². The fourth-order valence-corrected chi connectivity index (χ4v) is 5.92. The Morgan fingerprint density at radius 2 is 1.97 bits per heavy atom. The Bertz CT molecular complexity index is 1180. The number of hydrogen-bond donors (Lipinski definition) is 1. The highest BCUT2D eigenvalue weighted by atomic mass is 32.2. The lowest BCUT2D eigenvalue weighted by Crippen LogP contribution is -2.32. The van der Waals surface area contributed by atoms with E-state index in [-0.39, 0.29) is 17.0 Å². The molecule has 2 atom stereocenters. The van der Waals surface area contributed by atoms with Crippen molar-refractivity contribution in [3.8, 4) is 5.75 Å². The van der Waals surface area contributed by atoms with Gasteiger partial charge >= 0.3 is 0 Å². The molecule has 2 aromatic carbocycles. The first-order chi connectivity index (χ1) is 15.0. The Kier molecular flexibility index (Phi) is 5.19. The number of imidazole rings is 1. The predicted octanol–water partition coefficient (Wildman–Crippen LogP) is 3.01. The molecular weight excluding hydrogens is 412 g/mol. The first-order valence-electron chi connectivity index (χ1n) is 10.6. The third-order valence-corrected chi connectivity index (χ3v) is 7.78. The average Bonchev–Trinajstić information content (AvgIpc) is 3.42. The Morgan fingerprint density at radius 3 is 2.74 bits per heavy atom. The number of sulfonamides is 1. The summed E-state index contributed by atoms with van der Waals surface area (Å²) in [6, 6.07) is 16.2. The molecule has 0 amide bonds. The lowest BCUT2D eigenvalue weighted by molar-refractivity contribution is 0.288. The number of benzene rings is 2. The Balaban J connectivity index is 1.44. The van der Waals surface area contributed by atoms with Crippen LogP contribution < -0.4 is 10.1 Å². The first-order valence-corrected chi connectivity index (χ1v) is 12.0. The van der Waals surface area contributed by atoms with Gasteiger partial charge in [-0.3, -0.25) is 0 Å². The molecule has 0 spiro atoms. The van der Waals surface area contributed by atoms with Gasteiger partial charge in [-0.25, -0.2) is 13.4 Å². The Labute approximate surface area is 182 Å². The van der Waals surface area contributed by atoms with Gasteiger partial charge in [0.25, 0.3) is 10.0 Å². The number of fused-ring (bicyclic) bond motifs is 1. The fraction of sp³-hybridized carbons (Fsp3) is 0.348. The van der Waals surface area contributed by atoms with Crippen LogP contribution in [-0.2, 0) is 23.5 Å². The molecule has 1 aromatic heterocycles. The van der Waals surface area contributed by atoms with E-state index in [4.69, 9.17) is 4.74 Å². The van der Waals surface area contributed by atoms with E-state index in [0.29, 0.717) is 13.1 Å². The normalized spacial score (nSPS) is 21.5. The van der Waals surface area contributed by atoms with Crippen molar-refractivity contribution >= 4 is 15.7 Å². The molecule has 0 saturated carbocycles. The summed E-state index contributed by atoms with van der Waals surface area (Å²) in [7, 11) is -1.89. The van der Waals surface area contributed by atoms with E-state index in [2.05, 4.69) is 28.5 Å². The number of nitrogens with one attached hydrogen (secondary N) is 1. The van der Waals surface area contributed by atoms with Crippen molar-refractivity contribution in [3.63, 3.8) is 0 Å². The third kappa shape index (κ3) is 3.93. The van der Waals surface area contributed by atoms with E-state index in [1.165, 1.54) is 11.9 Å². The van der Waals surface area contributed by atoms with Gasteiger partial charge in [0.2, 0.25) is 0 Å². The van der Waals surface area contributed by atoms with Gasteiger partial charge in [0.1, 0.15) is 5.75 Å². The van der Waals surface area contributed by atoms with E-state index < -0.39 is 10.0 Å². The van der Waals surface area contributed by atoms with Gasteiger partial charge in [-0.05, 0) is 42.2 Å². The van der Waals surface area contributed by atoms with Crippen LogP contribution >= 0.6 is 0 Å². The molecule has 0 bridgehead atoms. The van der Waals surface area contributed by atoms with Crippen LogP contribution in [-0.4, -0.2) is 48.0 Å². The monoisotopic (exact) mass is 438 g/mol. The van der Waals surface area contributed by atoms with E-state index in [1.54, 1.807) is 22.1 Å². The van der Waals surface area contributed by atoms with Crippen LogP contribution in [0.5, 0.6) is 5.75 Å². The molecule has 2 aliphatic rings. The van der Waals surface area contributed by atoms with Crippen LogP contribution in [0.1, 0.15) is 23.5 Å². The molecule has 7 nitrogen and oxygen atoms in total. The molecule has 2 unspecified atom stereocenters. The SMILES string of the molecule is Cn1cnc(S(=O)(=O)N2CC(Nc3ccc4c(c3)CCCO4)C(c3ccccc3)C2)c1. The van der Waals surface area contributed by atoms with Crippen LogP contribution in [0.2, 0.25) is 0 Å². The lowest BCUT2D eigenvalue weighted by atomic mass is 9.94. The second-order valence-corrected chi connectivity index (χ2v) is 10.1. The number of nitrogens with zero attached hydrogens (tertiary/aromatic N) is 3. The number of hydrogen-bond acceptors (Lipinski definition) is 5. The standard InChI is InChI=1S/C23H26N4O3S/c1-26-15-23(24-16-26)31(28,29)27-13-20(17-6-3-2-4-7-17)21(14-27)25-19-9-10-22-18(12-19)8-5-11-30-22/h2-4,6-7,9-10,12,15-16,20-21,25H,5,8,11,13-14H2,1H3. The van der Waals surface area contributed by atoms with Gasteiger partial charge in [0.05, 0.1) is 12.9 Å². The summed E-state index contributed by atoms with van der Waals surface area (Å²) >= 11 is 0. The topological polar surface area (TPSA) is 76.5 Å². The number of aryl methyl sites for hydroxylation is 2. The molecule has 31 heavy (non-hydrogen) atoms. The number of rotatable bonds is 5. The van der Waals surface area contributed by atoms with Crippen LogP contribution in [0.25, 0.3) is 0 Å². The summed E-state index contributed by atoms with van der Waals surface area (Å²) < 4.78 is 35.4. The summed E-state index contributed by atoms with van der Waals surface area (Å²) in [5.74, 6) is 0.981. The Hall–Kier alpha value is -2.84. The number of anilines is 1. The van der Waals surface area contributed by atoms with E-state index in [1.807, 2.05) is 30.3 Å². The second-order valence-electron chi connectivity index (χ2n) is 8.24. The molecule has 0 radical (unpaired) electrons. The molecule has 162 valence electrons. The number of ether oxygens (including phenoxy) is 1. The smallest absolute Gasteiger partial charge is 0.262 e. The third-order valence-electron chi connectivity index (χ3n) is 6.06. The van der Waals surface area contributed by atoms with E-state index in [0.717, 1.165) is 36.4 Å². The van der Waals surface area contributed by atoms with Crippen molar-refractivity contribution in [1.82, 2.24) is 13.9 Å². The second kappa shape index (κ2) is 8.01. The molecule has 3 heterocycles. The molecule has 8 heteroatoms. The van der Waals surface area contributed by atoms with Crippen molar-refractivity contribution in [3.05, 3.63) is 72.2 Å². The van der Waals surface area contributed by atoms with Crippen LogP contribution in [0.4, 0.5) is 5.69 Å². The average molecular weight is 439 g/mol. The van der Waals surface area contributed by atoms with Crippen molar-refractivity contribution < 1.29 is 13.2 Å². The van der Waals surface area contributed by atoms with Gasteiger partial charge < -0.3 is 14.6 Å². The van der Waals surface area contributed by atoms with E-state index >= 15 is 0 Å². The maximum absolute atomic E-state index is 13.2. The minimum Gasteiger partial charge on any atom is -0.493 e. The summed E-state index contributed by atoms with van der Waals surface area (Å²) in [6.07, 6.45) is 5.08. The van der Waals surface area contributed by atoms with Gasteiger partial charge in [-0.1, -0.05) is 30.3 Å². The quantitative estimate of drug-likeness (QED) is 0.663. The van der Waals surface area contributed by atoms with Crippen molar-refractivity contribution in [2.45, 2.75) is 29.8 Å². The van der Waals surface area contributed by atoms with E-state index in [9.17, 15) is 8.42 Å². The van der Waals surface area contributed by atoms with Crippen LogP contribution in [0.3, 0.4) is 0 Å². The van der Waals surface area contributed by atoms with Crippen LogP contribution in [0.15, 0.2) is 66.1 Å². The lowest BCUT2D eigenvalue weighted by Gasteiger charge is -2.23. The van der Waals surface area contributed by atoms with Crippen LogP contribution in [0, 0.1) is 0 Å². The molecule has 5 rings (SSSR count). The largest absolute Gasteiger partial charge is 0.493 e. The van der Waals surface area contributed by atoms with Gasteiger partial charge in [0.15, 0.2) is 5.03 Å². The van der Waals surface area contributed by atoms with Crippen molar-refractivity contribution in [2.75, 3.05) is 25.0 Å². The molecule has 0 aliphatic carbocycles. The molecule has 1 fully saturated rings. The number of aromatic nitrogens is 2. The highest BCUT2D eigenvalue weighted by molar-refractivity contribution is 7.89.